The Morgan fingerprint density at radius 1 is 1.11 bits per heavy atom. The highest BCUT2D eigenvalue weighted by molar-refractivity contribution is 5.85. The molecule has 5 heteroatoms. The van der Waals surface area contributed by atoms with Crippen LogP contribution in [-0.4, -0.2) is 15.0 Å². The number of H-pyrrole nitrogens is 1. The molecule has 0 spiro atoms. The Morgan fingerprint density at radius 2 is 1.89 bits per heavy atom. The number of nitriles is 1. The summed E-state index contributed by atoms with van der Waals surface area (Å²) in [6.45, 7) is 0. The van der Waals surface area contributed by atoms with Crippen molar-refractivity contribution in [2.24, 2.45) is 0 Å². The van der Waals surface area contributed by atoms with Crippen LogP contribution >= 0.6 is 12.4 Å². The molecule has 0 fully saturated rings. The van der Waals surface area contributed by atoms with Gasteiger partial charge < -0.3 is 4.98 Å². The van der Waals surface area contributed by atoms with Gasteiger partial charge in [0.05, 0.1) is 28.9 Å². The van der Waals surface area contributed by atoms with Crippen LogP contribution in [0, 0.1) is 11.3 Å². The first kappa shape index (κ1) is 12.1. The number of rotatable bonds is 1. The Hall–Kier alpha value is -2.38. The Labute approximate surface area is 110 Å². The van der Waals surface area contributed by atoms with Crippen molar-refractivity contribution >= 4 is 23.4 Å². The SMILES string of the molecule is Cl.N#Cc1ccc(-c2nc3ccncc3[nH]2)cc1. The fraction of sp³-hybridized carbons (Fsp3) is 0. The van der Waals surface area contributed by atoms with Gasteiger partial charge >= 0.3 is 0 Å². The van der Waals surface area contributed by atoms with E-state index in [9.17, 15) is 0 Å². The molecule has 3 rings (SSSR count). The molecule has 1 N–H and O–H groups in total. The zero-order valence-corrected chi connectivity index (χ0v) is 10.1. The number of aromatic nitrogens is 3. The molecule has 2 heterocycles. The average Bonchev–Trinajstić information content (AvgIpc) is 2.82. The van der Waals surface area contributed by atoms with Crippen LogP contribution in [0.25, 0.3) is 22.4 Å². The number of aromatic amines is 1. The fourth-order valence-electron chi connectivity index (χ4n) is 1.70. The van der Waals surface area contributed by atoms with Crippen LogP contribution in [0.4, 0.5) is 0 Å². The topological polar surface area (TPSA) is 65.4 Å². The lowest BCUT2D eigenvalue weighted by molar-refractivity contribution is 1.32. The molecule has 1 aromatic carbocycles. The van der Waals surface area contributed by atoms with Gasteiger partial charge in [0.15, 0.2) is 0 Å². The van der Waals surface area contributed by atoms with Crippen LogP contribution in [0.5, 0.6) is 0 Å². The first-order valence-corrected chi connectivity index (χ1v) is 5.17. The van der Waals surface area contributed by atoms with E-state index in [0.717, 1.165) is 22.4 Å². The first-order valence-electron chi connectivity index (χ1n) is 5.17. The van der Waals surface area contributed by atoms with Gasteiger partial charge in [-0.05, 0) is 30.3 Å². The number of hydrogen-bond acceptors (Lipinski definition) is 3. The van der Waals surface area contributed by atoms with Gasteiger partial charge in [-0.15, -0.1) is 12.4 Å². The molecule has 0 amide bonds. The lowest BCUT2D eigenvalue weighted by atomic mass is 10.1. The number of imidazole rings is 1. The molecular formula is C13H9ClN4. The predicted octanol–water partition coefficient (Wildman–Crippen LogP) is 2.92. The zero-order valence-electron chi connectivity index (χ0n) is 9.29. The van der Waals surface area contributed by atoms with Gasteiger partial charge in [0.1, 0.15) is 5.82 Å². The maximum atomic E-state index is 8.73. The van der Waals surface area contributed by atoms with E-state index in [1.54, 1.807) is 24.5 Å². The molecule has 0 saturated carbocycles. The molecule has 4 nitrogen and oxygen atoms in total. The second-order valence-electron chi connectivity index (χ2n) is 3.67. The third-order valence-corrected chi connectivity index (χ3v) is 2.57. The van der Waals surface area contributed by atoms with Crippen molar-refractivity contribution < 1.29 is 0 Å². The van der Waals surface area contributed by atoms with Crippen molar-refractivity contribution in [3.05, 3.63) is 48.3 Å². The summed E-state index contributed by atoms with van der Waals surface area (Å²) < 4.78 is 0. The van der Waals surface area contributed by atoms with Gasteiger partial charge in [0, 0.05) is 11.8 Å². The van der Waals surface area contributed by atoms with Gasteiger partial charge in [-0.25, -0.2) is 4.98 Å². The Morgan fingerprint density at radius 3 is 2.56 bits per heavy atom. The third kappa shape index (κ3) is 2.04. The zero-order chi connectivity index (χ0) is 11.7. The summed E-state index contributed by atoms with van der Waals surface area (Å²) in [6.07, 6.45) is 3.46. The van der Waals surface area contributed by atoms with Gasteiger partial charge in [0.25, 0.3) is 0 Å². The smallest absolute Gasteiger partial charge is 0.138 e. The molecule has 0 atom stereocenters. The highest BCUT2D eigenvalue weighted by atomic mass is 35.5. The van der Waals surface area contributed by atoms with E-state index >= 15 is 0 Å². The Balaban J connectivity index is 0.00000120. The summed E-state index contributed by atoms with van der Waals surface area (Å²) in [5.74, 6) is 0.789. The molecule has 3 aromatic rings. The lowest BCUT2D eigenvalue weighted by Gasteiger charge is -1.95. The summed E-state index contributed by atoms with van der Waals surface area (Å²) in [5, 5.41) is 8.73. The van der Waals surface area contributed by atoms with Crippen molar-refractivity contribution in [1.29, 1.82) is 5.26 Å². The lowest BCUT2D eigenvalue weighted by Crippen LogP contribution is -1.80. The van der Waals surface area contributed by atoms with Crippen LogP contribution in [0.15, 0.2) is 42.7 Å². The molecule has 0 saturated heterocycles. The summed E-state index contributed by atoms with van der Waals surface area (Å²) in [7, 11) is 0. The van der Waals surface area contributed by atoms with Gasteiger partial charge in [-0.1, -0.05) is 0 Å². The normalized spacial score (nSPS) is 9.72. The minimum Gasteiger partial charge on any atom is -0.337 e. The minimum absolute atomic E-state index is 0. The van der Waals surface area contributed by atoms with E-state index in [1.165, 1.54) is 0 Å². The van der Waals surface area contributed by atoms with E-state index in [4.69, 9.17) is 5.26 Å². The maximum Gasteiger partial charge on any atom is 0.138 e. The summed E-state index contributed by atoms with van der Waals surface area (Å²) in [6, 6.07) is 11.3. The number of pyridine rings is 1. The van der Waals surface area contributed by atoms with E-state index in [2.05, 4.69) is 21.0 Å². The van der Waals surface area contributed by atoms with Crippen LogP contribution in [0.1, 0.15) is 5.56 Å². The number of hydrogen-bond donors (Lipinski definition) is 1. The van der Waals surface area contributed by atoms with Crippen LogP contribution < -0.4 is 0 Å². The molecule has 0 aliphatic rings. The summed E-state index contributed by atoms with van der Waals surface area (Å²) in [5.41, 5.74) is 3.40. The summed E-state index contributed by atoms with van der Waals surface area (Å²) >= 11 is 0. The Bertz CT molecular complexity index is 677. The summed E-state index contributed by atoms with van der Waals surface area (Å²) in [4.78, 5) is 11.7. The highest BCUT2D eigenvalue weighted by Gasteiger charge is 2.04. The Kier molecular flexibility index (Phi) is 3.26. The number of nitrogens with zero attached hydrogens (tertiary/aromatic N) is 3. The molecule has 0 unspecified atom stereocenters. The van der Waals surface area contributed by atoms with Crippen LogP contribution in [-0.2, 0) is 0 Å². The average molecular weight is 257 g/mol. The second-order valence-corrected chi connectivity index (χ2v) is 3.67. The van der Waals surface area contributed by atoms with Gasteiger partial charge in [-0.2, -0.15) is 5.26 Å². The third-order valence-electron chi connectivity index (χ3n) is 2.57. The van der Waals surface area contributed by atoms with E-state index < -0.39 is 0 Å². The molecule has 88 valence electrons. The number of halogens is 1. The van der Waals surface area contributed by atoms with Crippen molar-refractivity contribution in [3.63, 3.8) is 0 Å². The van der Waals surface area contributed by atoms with E-state index in [0.29, 0.717) is 5.56 Å². The van der Waals surface area contributed by atoms with E-state index in [1.807, 2.05) is 18.2 Å². The predicted molar refractivity (Wildman–Crippen MR) is 71.3 cm³/mol. The maximum absolute atomic E-state index is 8.73. The number of nitrogens with one attached hydrogen (secondary N) is 1. The van der Waals surface area contributed by atoms with Crippen LogP contribution in [0.2, 0.25) is 0 Å². The minimum atomic E-state index is 0. The standard InChI is InChI=1S/C13H8N4.ClH/c14-7-9-1-3-10(4-2-9)13-16-11-5-6-15-8-12(11)17-13;/h1-6,8H,(H,16,17);1H. The van der Waals surface area contributed by atoms with Crippen LogP contribution in [0.3, 0.4) is 0 Å². The number of fused-ring (bicyclic) bond motifs is 1. The van der Waals surface area contributed by atoms with Crippen molar-refractivity contribution in [1.82, 2.24) is 15.0 Å². The molecule has 0 aliphatic carbocycles. The first-order chi connectivity index (χ1) is 8.36. The van der Waals surface area contributed by atoms with E-state index in [-0.39, 0.29) is 12.4 Å². The fourth-order valence-corrected chi connectivity index (χ4v) is 1.70. The quantitative estimate of drug-likeness (QED) is 0.728. The van der Waals surface area contributed by atoms with Crippen molar-refractivity contribution in [2.75, 3.05) is 0 Å². The highest BCUT2D eigenvalue weighted by Crippen LogP contribution is 2.19. The molecule has 0 radical (unpaired) electrons. The largest absolute Gasteiger partial charge is 0.337 e. The molecule has 0 bridgehead atoms. The van der Waals surface area contributed by atoms with Gasteiger partial charge in [0.2, 0.25) is 0 Å². The van der Waals surface area contributed by atoms with Crippen molar-refractivity contribution in [2.45, 2.75) is 0 Å². The van der Waals surface area contributed by atoms with Gasteiger partial charge in [-0.3, -0.25) is 4.98 Å². The molecule has 2 aromatic heterocycles. The number of benzene rings is 1. The molecule has 18 heavy (non-hydrogen) atoms. The monoisotopic (exact) mass is 256 g/mol. The molecule has 0 aliphatic heterocycles. The molecular weight excluding hydrogens is 248 g/mol. The second kappa shape index (κ2) is 4.86. The van der Waals surface area contributed by atoms with Crippen molar-refractivity contribution in [3.8, 4) is 17.5 Å².